The molecule has 0 bridgehead atoms. The largest absolute Gasteiger partial charge is 0.497 e. The molecule has 0 saturated carbocycles. The summed E-state index contributed by atoms with van der Waals surface area (Å²) in [6.45, 7) is 3.14. The van der Waals surface area contributed by atoms with E-state index in [0.717, 1.165) is 17.9 Å². The Kier molecular flexibility index (Phi) is 5.33. The maximum atomic E-state index is 12.0. The van der Waals surface area contributed by atoms with Gasteiger partial charge in [-0.15, -0.1) is 0 Å². The third-order valence-corrected chi connectivity index (χ3v) is 3.70. The van der Waals surface area contributed by atoms with Crippen molar-refractivity contribution in [1.29, 1.82) is 0 Å². The second kappa shape index (κ2) is 7.22. The van der Waals surface area contributed by atoms with Gasteiger partial charge in [-0.05, 0) is 30.7 Å². The zero-order valence-electron chi connectivity index (χ0n) is 12.6. The number of hydrogen-bond donors (Lipinski definition) is 1. The number of nitrogens with one attached hydrogen (secondary N) is 1. The van der Waals surface area contributed by atoms with Crippen molar-refractivity contribution < 1.29 is 14.3 Å². The molecule has 0 spiro atoms. The van der Waals surface area contributed by atoms with Crippen LogP contribution in [-0.4, -0.2) is 36.9 Å². The molecule has 1 aliphatic heterocycles. The summed E-state index contributed by atoms with van der Waals surface area (Å²) in [7, 11) is 1.62. The van der Waals surface area contributed by atoms with Gasteiger partial charge in [0, 0.05) is 19.4 Å². The van der Waals surface area contributed by atoms with Gasteiger partial charge in [-0.3, -0.25) is 14.5 Å². The lowest BCUT2D eigenvalue weighted by molar-refractivity contribution is -0.148. The first-order valence-electron chi connectivity index (χ1n) is 7.36. The summed E-state index contributed by atoms with van der Waals surface area (Å²) in [6.07, 6.45) is 1.59. The average Bonchev–Trinajstić information content (AvgIpc) is 2.50. The van der Waals surface area contributed by atoms with Gasteiger partial charge < -0.3 is 10.1 Å². The summed E-state index contributed by atoms with van der Waals surface area (Å²) in [5.74, 6) is 0.626. The number of carbonyl (C=O) groups is 2. The summed E-state index contributed by atoms with van der Waals surface area (Å²) in [6, 6.07) is 7.64. The second-order valence-corrected chi connectivity index (χ2v) is 5.14. The fourth-order valence-electron chi connectivity index (χ4n) is 2.58. The first-order valence-corrected chi connectivity index (χ1v) is 7.36. The number of methoxy groups -OCH3 is 1. The van der Waals surface area contributed by atoms with Crippen LogP contribution in [0.5, 0.6) is 5.75 Å². The van der Waals surface area contributed by atoms with E-state index in [1.54, 1.807) is 7.11 Å². The molecular formula is C16H22N2O3. The van der Waals surface area contributed by atoms with Crippen molar-refractivity contribution in [3.8, 4) is 5.75 Å². The molecule has 0 aliphatic carbocycles. The Labute approximate surface area is 125 Å². The number of amides is 2. The van der Waals surface area contributed by atoms with Gasteiger partial charge in [0.2, 0.25) is 11.8 Å². The van der Waals surface area contributed by atoms with Gasteiger partial charge in [-0.25, -0.2) is 0 Å². The second-order valence-electron chi connectivity index (χ2n) is 5.14. The number of piperidine rings is 1. The van der Waals surface area contributed by atoms with Crippen LogP contribution in [0.4, 0.5) is 0 Å². The van der Waals surface area contributed by atoms with Gasteiger partial charge in [0.05, 0.1) is 13.2 Å². The van der Waals surface area contributed by atoms with Crippen LogP contribution in [0.25, 0.3) is 0 Å². The number of carbonyl (C=O) groups excluding carboxylic acids is 2. The van der Waals surface area contributed by atoms with E-state index in [0.29, 0.717) is 25.8 Å². The summed E-state index contributed by atoms with van der Waals surface area (Å²) in [4.78, 5) is 25.3. The molecule has 2 amide bonds. The predicted molar refractivity (Wildman–Crippen MR) is 80.0 cm³/mol. The number of likely N-dealkylation sites (N-methyl/N-ethyl adjacent to an activating group) is 1. The Hall–Kier alpha value is -1.88. The van der Waals surface area contributed by atoms with E-state index in [4.69, 9.17) is 4.74 Å². The van der Waals surface area contributed by atoms with Crippen molar-refractivity contribution in [3.63, 3.8) is 0 Å². The minimum absolute atomic E-state index is 0.0722. The molecule has 0 aromatic heterocycles. The van der Waals surface area contributed by atoms with Crippen molar-refractivity contribution >= 4 is 11.8 Å². The number of nitrogens with zero attached hydrogens (tertiary/aromatic N) is 1. The van der Waals surface area contributed by atoms with Crippen molar-refractivity contribution in [2.45, 2.75) is 32.2 Å². The minimum Gasteiger partial charge on any atom is -0.497 e. The Morgan fingerprint density at radius 3 is 2.62 bits per heavy atom. The first-order chi connectivity index (χ1) is 10.2. The highest BCUT2D eigenvalue weighted by molar-refractivity contribution is 5.97. The SMILES string of the molecule is CCNC(CN1C(=O)CCCC1=O)c1cccc(OC)c1. The number of benzene rings is 1. The van der Waals surface area contributed by atoms with Crippen molar-refractivity contribution in [2.75, 3.05) is 20.2 Å². The van der Waals surface area contributed by atoms with Crippen LogP contribution in [0.15, 0.2) is 24.3 Å². The van der Waals surface area contributed by atoms with Crippen molar-refractivity contribution in [2.24, 2.45) is 0 Å². The normalized spacial score (nSPS) is 17.0. The molecule has 1 aliphatic rings. The molecule has 1 aromatic rings. The Bertz CT molecular complexity index is 500. The third kappa shape index (κ3) is 3.82. The van der Waals surface area contributed by atoms with Crippen LogP contribution >= 0.6 is 0 Å². The zero-order valence-corrected chi connectivity index (χ0v) is 12.6. The van der Waals surface area contributed by atoms with Crippen LogP contribution in [0.1, 0.15) is 37.8 Å². The van der Waals surface area contributed by atoms with E-state index >= 15 is 0 Å². The monoisotopic (exact) mass is 290 g/mol. The van der Waals surface area contributed by atoms with Crippen LogP contribution < -0.4 is 10.1 Å². The average molecular weight is 290 g/mol. The maximum Gasteiger partial charge on any atom is 0.229 e. The van der Waals surface area contributed by atoms with Gasteiger partial charge in [-0.2, -0.15) is 0 Å². The Morgan fingerprint density at radius 1 is 1.29 bits per heavy atom. The number of imide groups is 1. The van der Waals surface area contributed by atoms with Crippen LogP contribution in [0.3, 0.4) is 0 Å². The third-order valence-electron chi connectivity index (χ3n) is 3.70. The smallest absolute Gasteiger partial charge is 0.229 e. The lowest BCUT2D eigenvalue weighted by atomic mass is 10.0. The lowest BCUT2D eigenvalue weighted by Gasteiger charge is -2.29. The molecule has 1 unspecified atom stereocenters. The van der Waals surface area contributed by atoms with Gasteiger partial charge in [0.25, 0.3) is 0 Å². The molecule has 1 heterocycles. The first kappa shape index (κ1) is 15.5. The standard InChI is InChI=1S/C16H22N2O3/c1-3-17-14(12-6-4-7-13(10-12)21-2)11-18-15(19)8-5-9-16(18)20/h4,6-7,10,14,17H,3,5,8-9,11H2,1-2H3. The fraction of sp³-hybridized carbons (Fsp3) is 0.500. The molecule has 5 heteroatoms. The summed E-state index contributed by atoms with van der Waals surface area (Å²) < 4.78 is 5.24. The summed E-state index contributed by atoms with van der Waals surface area (Å²) >= 11 is 0. The van der Waals surface area contributed by atoms with E-state index in [1.807, 2.05) is 31.2 Å². The predicted octanol–water partition coefficient (Wildman–Crippen LogP) is 1.88. The molecule has 1 N–H and O–H groups in total. The Balaban J connectivity index is 2.17. The molecule has 1 aromatic carbocycles. The highest BCUT2D eigenvalue weighted by atomic mass is 16.5. The highest BCUT2D eigenvalue weighted by Crippen LogP contribution is 2.22. The molecule has 114 valence electrons. The highest BCUT2D eigenvalue weighted by Gasteiger charge is 2.28. The van der Waals surface area contributed by atoms with Crippen LogP contribution in [0.2, 0.25) is 0 Å². The van der Waals surface area contributed by atoms with Crippen LogP contribution in [0, 0.1) is 0 Å². The number of hydrogen-bond acceptors (Lipinski definition) is 4. The van der Waals surface area contributed by atoms with Gasteiger partial charge >= 0.3 is 0 Å². The number of rotatable bonds is 6. The van der Waals surface area contributed by atoms with Gasteiger partial charge in [-0.1, -0.05) is 19.1 Å². The number of ether oxygens (including phenoxy) is 1. The van der Waals surface area contributed by atoms with Crippen LogP contribution in [-0.2, 0) is 9.59 Å². The van der Waals surface area contributed by atoms with E-state index in [1.165, 1.54) is 4.90 Å². The topological polar surface area (TPSA) is 58.6 Å². The fourth-order valence-corrected chi connectivity index (χ4v) is 2.58. The summed E-state index contributed by atoms with van der Waals surface area (Å²) in [5.41, 5.74) is 1.02. The van der Waals surface area contributed by atoms with Gasteiger partial charge in [0.15, 0.2) is 0 Å². The molecular weight excluding hydrogens is 268 g/mol. The van der Waals surface area contributed by atoms with E-state index in [9.17, 15) is 9.59 Å². The minimum atomic E-state index is -0.0731. The molecule has 1 atom stereocenters. The maximum absolute atomic E-state index is 12.0. The van der Waals surface area contributed by atoms with E-state index < -0.39 is 0 Å². The molecule has 1 saturated heterocycles. The Morgan fingerprint density at radius 2 is 2.00 bits per heavy atom. The molecule has 21 heavy (non-hydrogen) atoms. The lowest BCUT2D eigenvalue weighted by Crippen LogP contribution is -2.45. The zero-order chi connectivity index (χ0) is 15.2. The summed E-state index contributed by atoms with van der Waals surface area (Å²) in [5, 5.41) is 3.34. The molecule has 5 nitrogen and oxygen atoms in total. The van der Waals surface area contributed by atoms with Crippen molar-refractivity contribution in [3.05, 3.63) is 29.8 Å². The molecule has 2 rings (SSSR count). The van der Waals surface area contributed by atoms with Gasteiger partial charge in [0.1, 0.15) is 5.75 Å². The molecule has 0 radical (unpaired) electrons. The van der Waals surface area contributed by atoms with E-state index in [-0.39, 0.29) is 17.9 Å². The number of likely N-dealkylation sites (tertiary alicyclic amines) is 1. The molecule has 1 fully saturated rings. The van der Waals surface area contributed by atoms with Crippen molar-refractivity contribution in [1.82, 2.24) is 10.2 Å². The quantitative estimate of drug-likeness (QED) is 0.813. The van der Waals surface area contributed by atoms with E-state index in [2.05, 4.69) is 5.32 Å².